The van der Waals surface area contributed by atoms with E-state index in [-0.39, 0.29) is 6.04 Å². The first-order chi connectivity index (χ1) is 10.1. The Bertz CT molecular complexity index is 743. The van der Waals surface area contributed by atoms with Crippen molar-refractivity contribution >= 4 is 20.8 Å². The first-order valence-corrected chi connectivity index (χ1v) is 8.76. The van der Waals surface area contributed by atoms with E-state index in [2.05, 4.69) is 17.0 Å². The lowest BCUT2D eigenvalue weighted by Gasteiger charge is -2.30. The zero-order chi connectivity index (χ0) is 14.9. The predicted molar refractivity (Wildman–Crippen MR) is 84.7 cm³/mol. The summed E-state index contributed by atoms with van der Waals surface area (Å²) >= 11 is 0. The van der Waals surface area contributed by atoms with Crippen LogP contribution in [0.5, 0.6) is 0 Å². The van der Waals surface area contributed by atoms with E-state index < -0.39 is 10.0 Å². The second-order valence-corrected chi connectivity index (χ2v) is 7.42. The predicted octanol–water partition coefficient (Wildman–Crippen LogP) is 2.12. The number of fused-ring (bicyclic) bond motifs is 1. The molecule has 2 atom stereocenters. The molecule has 0 aliphatic carbocycles. The lowest BCUT2D eigenvalue weighted by molar-refractivity contribution is 0.327. The molecule has 0 saturated carbocycles. The van der Waals surface area contributed by atoms with E-state index in [1.807, 2.05) is 30.3 Å². The third kappa shape index (κ3) is 3.10. The van der Waals surface area contributed by atoms with Gasteiger partial charge in [0.2, 0.25) is 10.0 Å². The van der Waals surface area contributed by atoms with Gasteiger partial charge in [-0.15, -0.1) is 0 Å². The van der Waals surface area contributed by atoms with E-state index in [1.54, 1.807) is 12.1 Å². The first kappa shape index (κ1) is 14.5. The zero-order valence-electron chi connectivity index (χ0n) is 12.0. The second kappa shape index (κ2) is 5.75. The summed E-state index contributed by atoms with van der Waals surface area (Å²) in [4.78, 5) is 0.332. The Balaban J connectivity index is 1.88. The van der Waals surface area contributed by atoms with Crippen molar-refractivity contribution in [1.82, 2.24) is 10.0 Å². The van der Waals surface area contributed by atoms with Crippen LogP contribution in [0.15, 0.2) is 47.4 Å². The Morgan fingerprint density at radius 2 is 1.90 bits per heavy atom. The molecule has 0 aromatic heterocycles. The zero-order valence-corrected chi connectivity index (χ0v) is 12.9. The third-order valence-corrected chi connectivity index (χ3v) is 5.65. The minimum absolute atomic E-state index is 0.0461. The molecule has 1 aliphatic heterocycles. The lowest BCUT2D eigenvalue weighted by Crippen LogP contribution is -2.50. The number of piperidine rings is 1. The number of nitrogens with one attached hydrogen (secondary N) is 2. The molecule has 2 unspecified atom stereocenters. The molecule has 21 heavy (non-hydrogen) atoms. The van der Waals surface area contributed by atoms with Crippen molar-refractivity contribution in [1.29, 1.82) is 0 Å². The molecule has 2 N–H and O–H groups in total. The van der Waals surface area contributed by atoms with Crippen LogP contribution in [0.25, 0.3) is 10.8 Å². The normalized spacial score (nSPS) is 23.3. The van der Waals surface area contributed by atoms with Crippen LogP contribution in [0.3, 0.4) is 0 Å². The van der Waals surface area contributed by atoms with E-state index in [0.717, 1.165) is 23.7 Å². The fourth-order valence-corrected chi connectivity index (χ4v) is 4.13. The van der Waals surface area contributed by atoms with Gasteiger partial charge in [0.1, 0.15) is 0 Å². The number of benzene rings is 2. The van der Waals surface area contributed by atoms with E-state index in [4.69, 9.17) is 0 Å². The summed E-state index contributed by atoms with van der Waals surface area (Å²) in [5.74, 6) is 0.349. The van der Waals surface area contributed by atoms with E-state index in [9.17, 15) is 8.42 Å². The molecular formula is C16H20N2O2S. The minimum Gasteiger partial charge on any atom is -0.315 e. The van der Waals surface area contributed by atoms with Crippen LogP contribution in [0, 0.1) is 5.92 Å². The van der Waals surface area contributed by atoms with Gasteiger partial charge in [0, 0.05) is 12.6 Å². The summed E-state index contributed by atoms with van der Waals surface area (Å²) in [6.45, 7) is 3.73. The Morgan fingerprint density at radius 1 is 1.14 bits per heavy atom. The van der Waals surface area contributed by atoms with Gasteiger partial charge in [-0.2, -0.15) is 0 Å². The van der Waals surface area contributed by atoms with Gasteiger partial charge in [0.05, 0.1) is 4.90 Å². The SMILES string of the molecule is CC1CCNCC1NS(=O)(=O)c1ccc2ccccc2c1. The van der Waals surface area contributed by atoms with Crippen molar-refractivity contribution in [3.05, 3.63) is 42.5 Å². The molecule has 3 rings (SSSR count). The summed E-state index contributed by atoms with van der Waals surface area (Å²) in [6, 6.07) is 13.0. The topological polar surface area (TPSA) is 58.2 Å². The fourth-order valence-electron chi connectivity index (χ4n) is 2.75. The Morgan fingerprint density at radius 3 is 2.67 bits per heavy atom. The molecule has 2 aromatic rings. The van der Waals surface area contributed by atoms with Crippen LogP contribution in [0.2, 0.25) is 0 Å². The summed E-state index contributed by atoms with van der Waals surface area (Å²) in [5.41, 5.74) is 0. The highest BCUT2D eigenvalue weighted by Gasteiger charge is 2.26. The molecule has 0 amide bonds. The second-order valence-electron chi connectivity index (χ2n) is 5.71. The smallest absolute Gasteiger partial charge is 0.240 e. The van der Waals surface area contributed by atoms with Gasteiger partial charge in [0.25, 0.3) is 0 Å². The van der Waals surface area contributed by atoms with Gasteiger partial charge in [-0.3, -0.25) is 0 Å². The van der Waals surface area contributed by atoms with Crippen LogP contribution in [0.4, 0.5) is 0 Å². The number of hydrogen-bond donors (Lipinski definition) is 2. The van der Waals surface area contributed by atoms with E-state index in [1.165, 1.54) is 0 Å². The van der Waals surface area contributed by atoms with Crippen molar-refractivity contribution in [2.75, 3.05) is 13.1 Å². The third-order valence-electron chi connectivity index (χ3n) is 4.17. The highest BCUT2D eigenvalue weighted by Crippen LogP contribution is 2.20. The molecule has 1 aliphatic rings. The highest BCUT2D eigenvalue weighted by molar-refractivity contribution is 7.89. The molecule has 5 heteroatoms. The molecule has 0 spiro atoms. The van der Waals surface area contributed by atoms with Crippen LogP contribution >= 0.6 is 0 Å². The molecule has 4 nitrogen and oxygen atoms in total. The molecule has 1 heterocycles. The van der Waals surface area contributed by atoms with Crippen molar-refractivity contribution in [2.45, 2.75) is 24.3 Å². The quantitative estimate of drug-likeness (QED) is 0.913. The summed E-state index contributed by atoms with van der Waals surface area (Å²) < 4.78 is 27.9. The van der Waals surface area contributed by atoms with Crippen LogP contribution < -0.4 is 10.0 Å². The molecule has 1 fully saturated rings. The maximum atomic E-state index is 12.6. The van der Waals surface area contributed by atoms with Crippen molar-refractivity contribution in [3.8, 4) is 0 Å². The fraction of sp³-hybridized carbons (Fsp3) is 0.375. The Hall–Kier alpha value is -1.43. The van der Waals surface area contributed by atoms with Crippen molar-refractivity contribution in [2.24, 2.45) is 5.92 Å². The molecule has 2 aromatic carbocycles. The van der Waals surface area contributed by atoms with E-state index in [0.29, 0.717) is 17.4 Å². The average molecular weight is 304 g/mol. The lowest BCUT2D eigenvalue weighted by atomic mass is 9.96. The molecule has 0 bridgehead atoms. The van der Waals surface area contributed by atoms with Crippen LogP contribution in [-0.4, -0.2) is 27.5 Å². The number of sulfonamides is 1. The van der Waals surface area contributed by atoms with Crippen LogP contribution in [-0.2, 0) is 10.0 Å². The Labute approximate surface area is 125 Å². The average Bonchev–Trinajstić information content (AvgIpc) is 2.49. The van der Waals surface area contributed by atoms with Gasteiger partial charge in [-0.25, -0.2) is 13.1 Å². The number of hydrogen-bond acceptors (Lipinski definition) is 3. The maximum absolute atomic E-state index is 12.6. The molecule has 112 valence electrons. The van der Waals surface area contributed by atoms with Gasteiger partial charge >= 0.3 is 0 Å². The van der Waals surface area contributed by atoms with Gasteiger partial charge in [-0.1, -0.05) is 37.3 Å². The highest BCUT2D eigenvalue weighted by atomic mass is 32.2. The first-order valence-electron chi connectivity index (χ1n) is 7.28. The molecule has 1 saturated heterocycles. The van der Waals surface area contributed by atoms with Gasteiger partial charge in [0.15, 0.2) is 0 Å². The van der Waals surface area contributed by atoms with Gasteiger partial charge < -0.3 is 5.32 Å². The summed E-state index contributed by atoms with van der Waals surface area (Å²) in [5, 5.41) is 5.23. The minimum atomic E-state index is -3.47. The molecular weight excluding hydrogens is 284 g/mol. The van der Waals surface area contributed by atoms with Crippen LogP contribution in [0.1, 0.15) is 13.3 Å². The standard InChI is InChI=1S/C16H20N2O2S/c1-12-8-9-17-11-16(12)18-21(19,20)15-7-6-13-4-2-3-5-14(13)10-15/h2-7,10,12,16-18H,8-9,11H2,1H3. The van der Waals surface area contributed by atoms with Crippen molar-refractivity contribution < 1.29 is 8.42 Å². The number of rotatable bonds is 3. The largest absolute Gasteiger partial charge is 0.315 e. The van der Waals surface area contributed by atoms with E-state index >= 15 is 0 Å². The maximum Gasteiger partial charge on any atom is 0.240 e. The van der Waals surface area contributed by atoms with Gasteiger partial charge in [-0.05, 0) is 41.8 Å². The summed E-state index contributed by atoms with van der Waals surface area (Å²) in [6.07, 6.45) is 0.991. The summed E-state index contributed by atoms with van der Waals surface area (Å²) in [7, 11) is -3.47. The monoisotopic (exact) mass is 304 g/mol. The van der Waals surface area contributed by atoms with Crippen molar-refractivity contribution in [3.63, 3.8) is 0 Å². The molecule has 0 radical (unpaired) electrons. The Kier molecular flexibility index (Phi) is 3.97.